The van der Waals surface area contributed by atoms with Crippen molar-refractivity contribution in [1.82, 2.24) is 31.2 Å². The van der Waals surface area contributed by atoms with Crippen LogP contribution in [0.5, 0.6) is 5.75 Å². The lowest BCUT2D eigenvalue weighted by Gasteiger charge is -2.35. The van der Waals surface area contributed by atoms with Crippen molar-refractivity contribution < 1.29 is 19.1 Å². The monoisotopic (exact) mass is 637 g/mol. The number of halogens is 1. The van der Waals surface area contributed by atoms with Crippen LogP contribution in [0.2, 0.25) is 5.02 Å². The van der Waals surface area contributed by atoms with Gasteiger partial charge in [-0.3, -0.25) is 19.7 Å². The smallest absolute Gasteiger partial charge is 0.249 e. The molecule has 5 N–H and O–H groups in total. The Balaban J connectivity index is 1.67. The molecule has 0 spiro atoms. The summed E-state index contributed by atoms with van der Waals surface area (Å²) in [5.41, 5.74) is 2.46. The minimum absolute atomic E-state index is 0.320. The van der Waals surface area contributed by atoms with Gasteiger partial charge in [-0.15, -0.1) is 0 Å². The fourth-order valence-electron chi connectivity index (χ4n) is 5.59. The Morgan fingerprint density at radius 2 is 1.91 bits per heavy atom. The molecule has 1 aromatic heterocycles. The van der Waals surface area contributed by atoms with E-state index in [1.54, 1.807) is 21.1 Å². The number of nitrogens with one attached hydrogen (secondary N) is 5. The third-order valence-corrected chi connectivity index (χ3v) is 8.65. The number of anilines is 2. The molecule has 1 saturated heterocycles. The molecule has 242 valence electrons. The van der Waals surface area contributed by atoms with E-state index < -0.39 is 35.4 Å². The van der Waals surface area contributed by atoms with Crippen LogP contribution in [-0.2, 0) is 27.2 Å². The predicted octanol–water partition coefficient (Wildman–Crippen LogP) is 4.04. The highest BCUT2D eigenvalue weighted by Gasteiger charge is 2.39. The summed E-state index contributed by atoms with van der Waals surface area (Å²) in [6.45, 7) is 8.29. The first kappa shape index (κ1) is 34.1. The van der Waals surface area contributed by atoms with Crippen molar-refractivity contribution in [3.8, 4) is 5.75 Å². The van der Waals surface area contributed by atoms with Crippen LogP contribution in [0.15, 0.2) is 36.7 Å². The summed E-state index contributed by atoms with van der Waals surface area (Å²) in [4.78, 5) is 48.5. The van der Waals surface area contributed by atoms with E-state index in [1.165, 1.54) is 6.33 Å². The summed E-state index contributed by atoms with van der Waals surface area (Å²) in [7, 11) is 3.24. The number of hydrogen-bond donors (Lipinski definition) is 5. The molecule has 1 fully saturated rings. The third kappa shape index (κ3) is 8.27. The summed E-state index contributed by atoms with van der Waals surface area (Å²) in [6.07, 6.45) is 5.21. The number of benzene rings is 2. The number of rotatable bonds is 13. The van der Waals surface area contributed by atoms with E-state index in [-0.39, 0.29) is 5.91 Å². The van der Waals surface area contributed by atoms with Gasteiger partial charge in [0.15, 0.2) is 0 Å². The van der Waals surface area contributed by atoms with E-state index in [2.05, 4.69) is 43.5 Å². The fraction of sp³-hybridized carbons (Fsp3) is 0.485. The summed E-state index contributed by atoms with van der Waals surface area (Å²) < 4.78 is 5.76. The largest absolute Gasteiger partial charge is 0.496 e. The lowest BCUT2D eigenvalue weighted by molar-refractivity contribution is -0.137. The standard InChI is InChI=1S/C33H44ClN7O4/c1-7-9-20-11-12-22(15-24(20)34)39-29-23-14-21(27(45-6)16-26(23)37-18-38-29)17-33(3,4)28(40-30(42)19(2)35-5)32(44)41-31(43)25-10-8-13-36-25/h11-12,14-16,18-19,25,28,35-36H,7-10,13,17H2,1-6H3,(H,40,42)(H,37,38,39)(H,41,43,44)/t19-,25-,28+/m0/s1. The van der Waals surface area contributed by atoms with Gasteiger partial charge in [0.25, 0.3) is 0 Å². The number of carbonyl (C=O) groups is 3. The highest BCUT2D eigenvalue weighted by Crippen LogP contribution is 2.36. The molecular weight excluding hydrogens is 594 g/mol. The van der Waals surface area contributed by atoms with Gasteiger partial charge in [0.2, 0.25) is 17.7 Å². The average molecular weight is 638 g/mol. The molecule has 3 aromatic rings. The second kappa shape index (κ2) is 15.0. The molecule has 0 radical (unpaired) electrons. The van der Waals surface area contributed by atoms with E-state index >= 15 is 0 Å². The highest BCUT2D eigenvalue weighted by atomic mass is 35.5. The molecule has 3 amide bonds. The number of nitrogens with zero attached hydrogens (tertiary/aromatic N) is 2. The van der Waals surface area contributed by atoms with Crippen molar-refractivity contribution in [3.05, 3.63) is 52.8 Å². The molecule has 1 aliphatic heterocycles. The number of imide groups is 1. The number of hydrogen-bond acceptors (Lipinski definition) is 9. The van der Waals surface area contributed by atoms with Crippen LogP contribution in [-0.4, -0.2) is 66.5 Å². The molecule has 0 bridgehead atoms. The van der Waals surface area contributed by atoms with Crippen molar-refractivity contribution in [2.75, 3.05) is 26.0 Å². The van der Waals surface area contributed by atoms with E-state index in [0.29, 0.717) is 34.9 Å². The number of methoxy groups -OCH3 is 1. The van der Waals surface area contributed by atoms with Crippen molar-refractivity contribution in [1.29, 1.82) is 0 Å². The minimum atomic E-state index is -1.03. The number of aromatic nitrogens is 2. The third-order valence-electron chi connectivity index (χ3n) is 8.30. The maximum Gasteiger partial charge on any atom is 0.249 e. The predicted molar refractivity (Wildman–Crippen MR) is 177 cm³/mol. The van der Waals surface area contributed by atoms with E-state index in [1.807, 2.05) is 44.2 Å². The van der Waals surface area contributed by atoms with Gasteiger partial charge in [-0.25, -0.2) is 9.97 Å². The first-order valence-corrected chi connectivity index (χ1v) is 15.8. The number of carbonyl (C=O) groups excluding carboxylic acids is 3. The first-order chi connectivity index (χ1) is 21.5. The molecule has 4 rings (SSSR count). The van der Waals surface area contributed by atoms with Crippen molar-refractivity contribution >= 4 is 51.7 Å². The Hall–Kier alpha value is -3.80. The highest BCUT2D eigenvalue weighted by molar-refractivity contribution is 6.31. The maximum absolute atomic E-state index is 13.6. The molecule has 45 heavy (non-hydrogen) atoms. The van der Waals surface area contributed by atoms with Crippen LogP contribution in [0.25, 0.3) is 10.9 Å². The lowest BCUT2D eigenvalue weighted by atomic mass is 9.77. The summed E-state index contributed by atoms with van der Waals surface area (Å²) >= 11 is 6.54. The van der Waals surface area contributed by atoms with Gasteiger partial charge in [-0.05, 0) is 80.9 Å². The Morgan fingerprint density at radius 3 is 2.56 bits per heavy atom. The van der Waals surface area contributed by atoms with Gasteiger partial charge in [0.1, 0.15) is 23.9 Å². The first-order valence-electron chi connectivity index (χ1n) is 15.4. The minimum Gasteiger partial charge on any atom is -0.496 e. The van der Waals surface area contributed by atoms with Crippen LogP contribution in [0.4, 0.5) is 11.5 Å². The quantitative estimate of drug-likeness (QED) is 0.187. The SMILES string of the molecule is CCCc1ccc(Nc2ncnc3cc(OC)c(CC(C)(C)[C@H](NC(=O)[C@H](C)NC)C(=O)NC(=O)[C@@H]4CCCN4)cc23)cc1Cl. The molecule has 2 aromatic carbocycles. The molecule has 0 unspecified atom stereocenters. The molecule has 3 atom stereocenters. The lowest BCUT2D eigenvalue weighted by Crippen LogP contribution is -2.59. The zero-order valence-corrected chi connectivity index (χ0v) is 27.6. The van der Waals surface area contributed by atoms with Crippen LogP contribution in [0.1, 0.15) is 58.1 Å². The van der Waals surface area contributed by atoms with Crippen LogP contribution in [0.3, 0.4) is 0 Å². The van der Waals surface area contributed by atoms with Crippen molar-refractivity contribution in [2.24, 2.45) is 5.41 Å². The summed E-state index contributed by atoms with van der Waals surface area (Å²) in [6, 6.07) is 7.62. The van der Waals surface area contributed by atoms with Gasteiger partial charge in [-0.1, -0.05) is 44.9 Å². The average Bonchev–Trinajstić information content (AvgIpc) is 3.56. The molecular formula is C33H44ClN7O4. The Kier molecular flexibility index (Phi) is 11.4. The molecule has 11 nitrogen and oxygen atoms in total. The van der Waals surface area contributed by atoms with Crippen LogP contribution >= 0.6 is 11.6 Å². The topological polar surface area (TPSA) is 146 Å². The van der Waals surface area contributed by atoms with E-state index in [4.69, 9.17) is 16.3 Å². The molecule has 0 saturated carbocycles. The Labute approximate surface area is 269 Å². The van der Waals surface area contributed by atoms with Gasteiger partial charge < -0.3 is 26.0 Å². The van der Waals surface area contributed by atoms with Gasteiger partial charge >= 0.3 is 0 Å². The van der Waals surface area contributed by atoms with Gasteiger partial charge in [0, 0.05) is 22.2 Å². The Bertz CT molecular complexity index is 1540. The molecule has 12 heteroatoms. The van der Waals surface area contributed by atoms with Gasteiger partial charge in [0.05, 0.1) is 24.7 Å². The number of fused-ring (bicyclic) bond motifs is 1. The maximum atomic E-state index is 13.6. The molecule has 2 heterocycles. The normalized spacial score (nSPS) is 16.2. The second-order valence-electron chi connectivity index (χ2n) is 12.2. The summed E-state index contributed by atoms with van der Waals surface area (Å²) in [5, 5.41) is 16.2. The number of likely N-dealkylation sites (N-methyl/N-ethyl adjacent to an activating group) is 1. The number of ether oxygens (including phenoxy) is 1. The second-order valence-corrected chi connectivity index (χ2v) is 12.6. The molecule has 1 aliphatic rings. The zero-order chi connectivity index (χ0) is 32.7. The van der Waals surface area contributed by atoms with Gasteiger partial charge in [-0.2, -0.15) is 0 Å². The molecule has 0 aliphatic carbocycles. The fourth-order valence-corrected chi connectivity index (χ4v) is 5.86. The van der Waals surface area contributed by atoms with Crippen LogP contribution < -0.4 is 31.3 Å². The van der Waals surface area contributed by atoms with Crippen LogP contribution in [0, 0.1) is 5.41 Å². The van der Waals surface area contributed by atoms with E-state index in [9.17, 15) is 14.4 Å². The number of aryl methyl sites for hydroxylation is 1. The zero-order valence-electron chi connectivity index (χ0n) is 26.8. The summed E-state index contributed by atoms with van der Waals surface area (Å²) in [5.74, 6) is -0.155. The van der Waals surface area contributed by atoms with E-state index in [0.717, 1.165) is 48.0 Å². The van der Waals surface area contributed by atoms with Crippen molar-refractivity contribution in [2.45, 2.75) is 77.9 Å². The Morgan fingerprint density at radius 1 is 1.13 bits per heavy atom. The van der Waals surface area contributed by atoms with Crippen molar-refractivity contribution in [3.63, 3.8) is 0 Å². The number of amides is 3.